The summed E-state index contributed by atoms with van der Waals surface area (Å²) in [5.74, 6) is -0.924. The van der Waals surface area contributed by atoms with E-state index in [0.717, 1.165) is 5.56 Å². The number of hydrogen-bond acceptors (Lipinski definition) is 6. The van der Waals surface area contributed by atoms with Gasteiger partial charge in [0, 0.05) is 16.8 Å². The van der Waals surface area contributed by atoms with Gasteiger partial charge in [-0.15, -0.1) is 0 Å². The second kappa shape index (κ2) is 9.00. The summed E-state index contributed by atoms with van der Waals surface area (Å²) in [6, 6.07) is 20.4. The van der Waals surface area contributed by atoms with E-state index >= 15 is 0 Å². The molecule has 0 bridgehead atoms. The van der Waals surface area contributed by atoms with Crippen LogP contribution >= 0.6 is 0 Å². The second-order valence-corrected chi connectivity index (χ2v) is 6.83. The molecule has 3 aromatic carbocycles. The number of carbonyl (C=O) groups is 2. The van der Waals surface area contributed by atoms with E-state index in [9.17, 15) is 14.4 Å². The minimum atomic E-state index is -0.660. The number of aromatic nitrogens is 2. The van der Waals surface area contributed by atoms with E-state index in [1.807, 2.05) is 6.07 Å². The van der Waals surface area contributed by atoms with E-state index < -0.39 is 11.7 Å². The summed E-state index contributed by atoms with van der Waals surface area (Å²) in [5, 5.41) is 6.45. The van der Waals surface area contributed by atoms with Gasteiger partial charge in [0.05, 0.1) is 5.56 Å². The number of primary amides is 1. The molecule has 0 aliphatic rings. The zero-order chi connectivity index (χ0) is 22.5. The maximum Gasteiger partial charge on any atom is 0.439 e. The number of nitrogens with zero attached hydrogens (tertiary/aromatic N) is 1. The molecule has 4 rings (SSSR count). The second-order valence-electron chi connectivity index (χ2n) is 6.83. The summed E-state index contributed by atoms with van der Waals surface area (Å²) in [5.41, 5.74) is 7.93. The molecular formula is C23H18N4O5. The molecule has 2 amide bonds. The van der Waals surface area contributed by atoms with Crippen LogP contribution < -0.4 is 21.5 Å². The highest BCUT2D eigenvalue weighted by atomic mass is 16.5. The van der Waals surface area contributed by atoms with Crippen LogP contribution in [0.4, 0.5) is 5.69 Å². The molecular weight excluding hydrogens is 412 g/mol. The van der Waals surface area contributed by atoms with Gasteiger partial charge in [0.1, 0.15) is 12.4 Å². The first-order valence-electron chi connectivity index (χ1n) is 9.58. The summed E-state index contributed by atoms with van der Waals surface area (Å²) in [7, 11) is 0. The van der Waals surface area contributed by atoms with Gasteiger partial charge in [-0.3, -0.25) is 19.1 Å². The third kappa shape index (κ3) is 4.73. The van der Waals surface area contributed by atoms with Gasteiger partial charge < -0.3 is 15.8 Å². The Morgan fingerprint density at radius 2 is 1.84 bits per heavy atom. The molecule has 0 atom stereocenters. The maximum absolute atomic E-state index is 12.7. The Labute approximate surface area is 181 Å². The lowest BCUT2D eigenvalue weighted by Gasteiger charge is -2.11. The lowest BCUT2D eigenvalue weighted by Crippen LogP contribution is -2.13. The third-order valence-corrected chi connectivity index (χ3v) is 4.57. The Kier molecular flexibility index (Phi) is 5.80. The zero-order valence-electron chi connectivity index (χ0n) is 16.7. The number of hydrogen-bond donors (Lipinski definition) is 3. The molecule has 9 heteroatoms. The summed E-state index contributed by atoms with van der Waals surface area (Å²) in [4.78, 5) is 37.9. The van der Waals surface area contributed by atoms with Crippen molar-refractivity contribution in [1.82, 2.24) is 10.1 Å². The smallest absolute Gasteiger partial charge is 0.439 e. The number of ether oxygens (including phenoxy) is 1. The van der Waals surface area contributed by atoms with Crippen LogP contribution in [0.2, 0.25) is 0 Å². The number of carbonyl (C=O) groups excluding carboxylic acids is 2. The molecule has 4 N–H and O–H groups in total. The van der Waals surface area contributed by atoms with Crippen LogP contribution in [0.3, 0.4) is 0 Å². The monoisotopic (exact) mass is 430 g/mol. The van der Waals surface area contributed by atoms with Gasteiger partial charge in [-0.1, -0.05) is 41.6 Å². The van der Waals surface area contributed by atoms with Gasteiger partial charge in [0.25, 0.3) is 11.8 Å². The van der Waals surface area contributed by atoms with Crippen LogP contribution in [0.25, 0.3) is 11.4 Å². The molecule has 0 saturated carbocycles. The van der Waals surface area contributed by atoms with Gasteiger partial charge in [0.15, 0.2) is 5.82 Å². The van der Waals surface area contributed by atoms with Crippen molar-refractivity contribution in [3.05, 3.63) is 100 Å². The molecule has 1 heterocycles. The van der Waals surface area contributed by atoms with Gasteiger partial charge in [-0.2, -0.15) is 0 Å². The predicted octanol–water partition coefficient (Wildman–Crippen LogP) is 2.96. The average molecular weight is 430 g/mol. The fourth-order valence-corrected chi connectivity index (χ4v) is 3.06. The number of anilines is 1. The topological polar surface area (TPSA) is 140 Å². The van der Waals surface area contributed by atoms with Gasteiger partial charge in [-0.05, 0) is 42.0 Å². The van der Waals surface area contributed by atoms with Crippen molar-refractivity contribution >= 4 is 17.5 Å². The molecule has 0 unspecified atom stereocenters. The number of aromatic amines is 1. The fraction of sp³-hybridized carbons (Fsp3) is 0.0435. The Morgan fingerprint density at radius 3 is 2.62 bits per heavy atom. The van der Waals surface area contributed by atoms with Gasteiger partial charge >= 0.3 is 5.76 Å². The molecule has 0 saturated heterocycles. The summed E-state index contributed by atoms with van der Waals surface area (Å²) in [6.45, 7) is 0.153. The Balaban J connectivity index is 1.46. The molecule has 0 radical (unpaired) electrons. The lowest BCUT2D eigenvalue weighted by atomic mass is 10.1. The average Bonchev–Trinajstić information content (AvgIpc) is 3.24. The van der Waals surface area contributed by atoms with Crippen molar-refractivity contribution in [3.63, 3.8) is 0 Å². The van der Waals surface area contributed by atoms with Crippen molar-refractivity contribution in [3.8, 4) is 17.1 Å². The van der Waals surface area contributed by atoms with E-state index in [2.05, 4.69) is 20.0 Å². The first kappa shape index (κ1) is 20.6. The number of para-hydroxylation sites is 1. The standard InChI is InChI=1S/C23H18N4O5/c24-20(28)18-9-1-2-10-19(18)31-13-14-5-3-7-16(11-14)22(29)25-17-8-4-6-15(12-17)21-26-23(30)32-27-21/h1-12H,13H2,(H2,24,28)(H,25,29)(H,26,27,30). The van der Waals surface area contributed by atoms with Crippen LogP contribution in [-0.4, -0.2) is 22.0 Å². The molecule has 1 aromatic heterocycles. The van der Waals surface area contributed by atoms with Crippen LogP contribution in [0, 0.1) is 0 Å². The van der Waals surface area contributed by atoms with Crippen molar-refractivity contribution in [2.45, 2.75) is 6.61 Å². The van der Waals surface area contributed by atoms with Crippen LogP contribution in [0.1, 0.15) is 26.3 Å². The number of benzene rings is 3. The molecule has 0 spiro atoms. The normalized spacial score (nSPS) is 10.5. The highest BCUT2D eigenvalue weighted by Crippen LogP contribution is 2.21. The van der Waals surface area contributed by atoms with E-state index in [1.54, 1.807) is 66.7 Å². The number of nitrogens with one attached hydrogen (secondary N) is 2. The maximum atomic E-state index is 12.7. The van der Waals surface area contributed by atoms with Gasteiger partial charge in [-0.25, -0.2) is 4.79 Å². The number of amides is 2. The van der Waals surface area contributed by atoms with E-state index in [0.29, 0.717) is 22.6 Å². The minimum Gasteiger partial charge on any atom is -0.488 e. The zero-order valence-corrected chi connectivity index (χ0v) is 16.7. The quantitative estimate of drug-likeness (QED) is 0.412. The van der Waals surface area contributed by atoms with Crippen molar-refractivity contribution < 1.29 is 18.8 Å². The first-order valence-corrected chi connectivity index (χ1v) is 9.58. The summed E-state index contributed by atoms with van der Waals surface area (Å²) < 4.78 is 10.2. The van der Waals surface area contributed by atoms with Crippen molar-refractivity contribution in [2.24, 2.45) is 5.73 Å². The Morgan fingerprint density at radius 1 is 1.03 bits per heavy atom. The van der Waals surface area contributed by atoms with Crippen molar-refractivity contribution in [1.29, 1.82) is 0 Å². The molecule has 0 aliphatic carbocycles. The van der Waals surface area contributed by atoms with Gasteiger partial charge in [0.2, 0.25) is 0 Å². The molecule has 160 valence electrons. The van der Waals surface area contributed by atoms with E-state index in [1.165, 1.54) is 0 Å². The SMILES string of the molecule is NC(=O)c1ccccc1OCc1cccc(C(=O)Nc2cccc(-c3noc(=O)[nH]3)c2)c1. The third-order valence-electron chi connectivity index (χ3n) is 4.57. The fourth-order valence-electron chi connectivity index (χ4n) is 3.06. The Hall–Kier alpha value is -4.66. The summed E-state index contributed by atoms with van der Waals surface area (Å²) >= 11 is 0. The summed E-state index contributed by atoms with van der Waals surface area (Å²) in [6.07, 6.45) is 0. The lowest BCUT2D eigenvalue weighted by molar-refractivity contribution is 0.0994. The predicted molar refractivity (Wildman–Crippen MR) is 116 cm³/mol. The minimum absolute atomic E-state index is 0.153. The van der Waals surface area contributed by atoms with Crippen LogP contribution in [-0.2, 0) is 6.61 Å². The Bertz CT molecular complexity index is 1340. The largest absolute Gasteiger partial charge is 0.488 e. The first-order chi connectivity index (χ1) is 15.5. The van der Waals surface area contributed by atoms with Crippen LogP contribution in [0.5, 0.6) is 5.75 Å². The number of H-pyrrole nitrogens is 1. The number of rotatable bonds is 7. The molecule has 4 aromatic rings. The highest BCUT2D eigenvalue weighted by Gasteiger charge is 2.11. The molecule has 32 heavy (non-hydrogen) atoms. The molecule has 0 aliphatic heterocycles. The van der Waals surface area contributed by atoms with Crippen LogP contribution in [0.15, 0.2) is 82.1 Å². The molecule has 9 nitrogen and oxygen atoms in total. The molecule has 0 fully saturated rings. The van der Waals surface area contributed by atoms with E-state index in [-0.39, 0.29) is 23.9 Å². The highest BCUT2D eigenvalue weighted by molar-refractivity contribution is 6.04. The number of nitrogens with two attached hydrogens (primary N) is 1. The van der Waals surface area contributed by atoms with E-state index in [4.69, 9.17) is 10.5 Å². The van der Waals surface area contributed by atoms with Crippen molar-refractivity contribution in [2.75, 3.05) is 5.32 Å².